The molecule has 0 saturated heterocycles. The molecule has 0 aromatic rings. The van der Waals surface area contributed by atoms with Crippen LogP contribution in [0.5, 0.6) is 0 Å². The summed E-state index contributed by atoms with van der Waals surface area (Å²) in [6.07, 6.45) is -53.0. The molecule has 0 amide bonds. The van der Waals surface area contributed by atoms with E-state index in [1.807, 2.05) is 4.74 Å². The van der Waals surface area contributed by atoms with Crippen LogP contribution in [0.2, 0.25) is 0 Å². The summed E-state index contributed by atoms with van der Waals surface area (Å²) < 4.78 is 224. The van der Waals surface area contributed by atoms with E-state index in [0.29, 0.717) is 0 Å². The minimum absolute atomic E-state index is 1.58. The quantitative estimate of drug-likeness (QED) is 0.235. The van der Waals surface area contributed by atoms with Gasteiger partial charge in [0.2, 0.25) is 0 Å². The minimum Gasteiger partial charge on any atom is -0.475 e. The fourth-order valence-corrected chi connectivity index (χ4v) is 1.14. The van der Waals surface area contributed by atoms with Gasteiger partial charge >= 0.3 is 56.2 Å². The molecular formula is C9HF17O9. The van der Waals surface area contributed by atoms with Crippen molar-refractivity contribution in [3.63, 3.8) is 0 Å². The predicted molar refractivity (Wildman–Crippen MR) is 55.9 cm³/mol. The van der Waals surface area contributed by atoms with Crippen LogP contribution in [0.3, 0.4) is 0 Å². The highest BCUT2D eigenvalue weighted by Crippen LogP contribution is 2.42. The molecule has 0 radical (unpaired) electrons. The molecule has 0 atom stereocenters. The van der Waals surface area contributed by atoms with Crippen LogP contribution in [0.4, 0.5) is 74.6 Å². The van der Waals surface area contributed by atoms with E-state index < -0.39 is 56.2 Å². The van der Waals surface area contributed by atoms with E-state index in [1.54, 1.807) is 28.4 Å². The lowest BCUT2D eigenvalue weighted by molar-refractivity contribution is -0.640. The van der Waals surface area contributed by atoms with Gasteiger partial charge in [-0.25, -0.2) is 33.2 Å². The predicted octanol–water partition coefficient (Wildman–Crippen LogP) is 4.60. The van der Waals surface area contributed by atoms with E-state index in [4.69, 9.17) is 5.11 Å². The number of halogens is 17. The van der Waals surface area contributed by atoms with Gasteiger partial charge in [-0.3, -0.25) is 0 Å². The van der Waals surface area contributed by atoms with Crippen LogP contribution in [0.15, 0.2) is 0 Å². The molecule has 0 aliphatic rings. The van der Waals surface area contributed by atoms with Crippen molar-refractivity contribution < 1.29 is 118 Å². The Morgan fingerprint density at radius 3 is 0.800 bits per heavy atom. The lowest BCUT2D eigenvalue weighted by Gasteiger charge is -2.29. The first kappa shape index (κ1) is 33.0. The van der Waals surface area contributed by atoms with E-state index in [0.717, 1.165) is 0 Å². The summed E-state index contributed by atoms with van der Waals surface area (Å²) in [5, 5.41) is 7.73. The number of rotatable bonds is 14. The maximum atomic E-state index is 12.9. The molecule has 0 fully saturated rings. The van der Waals surface area contributed by atoms with Crippen molar-refractivity contribution in [3.05, 3.63) is 0 Å². The van der Waals surface area contributed by atoms with Gasteiger partial charge in [0.1, 0.15) is 0 Å². The standard InChI is InChI=1S/C9HF17O9/c10-2(11,1(27)28)29-4(15,16)31-6(19,20)33-8(23,24)35-9(25,26)34-7(21,22)32-5(17,18)30-3(12,13)14/h(H,27,28). The highest BCUT2D eigenvalue weighted by Gasteiger charge is 2.63. The molecule has 26 heteroatoms. The van der Waals surface area contributed by atoms with Gasteiger partial charge in [-0.05, 0) is 0 Å². The Morgan fingerprint density at radius 2 is 0.600 bits per heavy atom. The molecule has 35 heavy (non-hydrogen) atoms. The van der Waals surface area contributed by atoms with Gasteiger partial charge in [-0.1, -0.05) is 0 Å². The molecule has 0 rings (SSSR count). The first-order valence-electron chi connectivity index (χ1n) is 6.75. The first-order valence-corrected chi connectivity index (χ1v) is 6.75. The average molecular weight is 576 g/mol. The number of aliphatic carboxylic acids is 1. The Bertz CT molecular complexity index is 735. The van der Waals surface area contributed by atoms with Gasteiger partial charge in [0.15, 0.2) is 0 Å². The van der Waals surface area contributed by atoms with Crippen molar-refractivity contribution in [2.45, 2.75) is 50.2 Å². The van der Waals surface area contributed by atoms with Gasteiger partial charge in [0.25, 0.3) is 0 Å². The van der Waals surface area contributed by atoms with Gasteiger partial charge in [0, 0.05) is 0 Å². The maximum Gasteiger partial charge on any atom is 0.529 e. The largest absolute Gasteiger partial charge is 0.529 e. The normalized spacial score (nSPS) is 15.5. The molecule has 1 N–H and O–H groups in total. The molecule has 0 heterocycles. The van der Waals surface area contributed by atoms with Crippen LogP contribution < -0.4 is 0 Å². The zero-order valence-electron chi connectivity index (χ0n) is 14.6. The van der Waals surface area contributed by atoms with Gasteiger partial charge in [-0.15, -0.1) is 65.9 Å². The second kappa shape index (κ2) is 9.81. The smallest absolute Gasteiger partial charge is 0.475 e. The Labute approximate surface area is 175 Å². The number of hydrogen-bond acceptors (Lipinski definition) is 8. The van der Waals surface area contributed by atoms with Crippen molar-refractivity contribution in [2.24, 2.45) is 0 Å². The van der Waals surface area contributed by atoms with E-state index in [9.17, 15) is 79.4 Å². The van der Waals surface area contributed by atoms with E-state index >= 15 is 0 Å². The molecule has 210 valence electrons. The van der Waals surface area contributed by atoms with Crippen LogP contribution in [0, 0.1) is 0 Å². The first-order chi connectivity index (χ1) is 14.9. The van der Waals surface area contributed by atoms with Crippen LogP contribution in [-0.2, 0) is 38.0 Å². The number of carboxylic acids is 1. The number of alkyl halides is 17. The summed E-state index contributed by atoms with van der Waals surface area (Å²) >= 11 is 0. The topological polar surface area (TPSA) is 102 Å². The second-order valence-corrected chi connectivity index (χ2v) is 4.76. The Hall–Kier alpha value is -2.00. The fraction of sp³-hybridized carbons (Fsp3) is 0.889. The zero-order valence-corrected chi connectivity index (χ0v) is 14.6. The van der Waals surface area contributed by atoms with Crippen LogP contribution in [0.1, 0.15) is 0 Å². The summed E-state index contributed by atoms with van der Waals surface area (Å²) in [6.45, 7) is 0. The molecule has 0 unspecified atom stereocenters. The Balaban J connectivity index is 5.35. The zero-order chi connectivity index (χ0) is 28.5. The molecule has 0 aromatic carbocycles. The molecule has 0 aromatic heterocycles. The molecule has 0 spiro atoms. The van der Waals surface area contributed by atoms with Crippen molar-refractivity contribution in [1.29, 1.82) is 0 Å². The molecule has 9 nitrogen and oxygen atoms in total. The fourth-order valence-electron chi connectivity index (χ4n) is 1.14. The number of ether oxygens (including phenoxy) is 7. The Morgan fingerprint density at radius 1 is 0.400 bits per heavy atom. The van der Waals surface area contributed by atoms with Crippen molar-refractivity contribution in [2.75, 3.05) is 0 Å². The number of carboxylic acid groups (broad SMARTS) is 1. The highest BCUT2D eigenvalue weighted by atomic mass is 19.4. The number of hydrogen-bond donors (Lipinski definition) is 1. The van der Waals surface area contributed by atoms with Gasteiger partial charge in [0.05, 0.1) is 0 Å². The molecule has 0 aliphatic carbocycles. The molecule has 0 aliphatic heterocycles. The van der Waals surface area contributed by atoms with Crippen molar-refractivity contribution in [1.82, 2.24) is 0 Å². The lowest BCUT2D eigenvalue weighted by Crippen LogP contribution is -2.49. The van der Waals surface area contributed by atoms with Gasteiger partial charge < -0.3 is 5.11 Å². The summed E-state index contributed by atoms with van der Waals surface area (Å²) in [6, 6.07) is 0. The van der Waals surface area contributed by atoms with Crippen molar-refractivity contribution in [3.8, 4) is 0 Å². The lowest BCUT2D eigenvalue weighted by atomic mass is 10.6. The highest BCUT2D eigenvalue weighted by molar-refractivity contribution is 5.73. The van der Waals surface area contributed by atoms with Gasteiger partial charge in [-0.2, -0.15) is 13.5 Å². The summed E-state index contributed by atoms with van der Waals surface area (Å²) in [4.78, 5) is 9.82. The summed E-state index contributed by atoms with van der Waals surface area (Å²) in [7, 11) is 0. The minimum atomic E-state index is -6.89. The third-order valence-corrected chi connectivity index (χ3v) is 1.92. The Kier molecular flexibility index (Phi) is 9.25. The average Bonchev–Trinajstić information content (AvgIpc) is 2.33. The van der Waals surface area contributed by atoms with Crippen LogP contribution in [-0.4, -0.2) is 61.3 Å². The van der Waals surface area contributed by atoms with E-state index in [2.05, 4.69) is 0 Å². The molecule has 0 saturated carbocycles. The van der Waals surface area contributed by atoms with Crippen molar-refractivity contribution >= 4 is 5.97 Å². The summed E-state index contributed by atoms with van der Waals surface area (Å²) in [5.74, 6) is -3.59. The monoisotopic (exact) mass is 576 g/mol. The van der Waals surface area contributed by atoms with Crippen LogP contribution in [0.25, 0.3) is 0 Å². The SMILES string of the molecule is O=C(O)C(F)(F)OC(F)(F)OC(F)(F)OC(F)(F)OC(F)(F)OC(F)(F)OC(F)(F)OC(F)(F)F. The molecular weight excluding hydrogens is 575 g/mol. The summed E-state index contributed by atoms with van der Waals surface area (Å²) in [5.41, 5.74) is 0. The number of carbonyl (C=O) groups is 1. The molecule has 0 bridgehead atoms. The third-order valence-electron chi connectivity index (χ3n) is 1.92. The van der Waals surface area contributed by atoms with E-state index in [1.165, 1.54) is 0 Å². The maximum absolute atomic E-state index is 12.9. The van der Waals surface area contributed by atoms with E-state index in [-0.39, 0.29) is 0 Å². The third kappa shape index (κ3) is 13.6. The van der Waals surface area contributed by atoms with Crippen LogP contribution >= 0.6 is 0 Å². The second-order valence-electron chi connectivity index (χ2n) is 4.76.